The van der Waals surface area contributed by atoms with Crippen molar-refractivity contribution in [1.82, 2.24) is 0 Å². The summed E-state index contributed by atoms with van der Waals surface area (Å²) in [7, 11) is -4.98. The van der Waals surface area contributed by atoms with Crippen molar-refractivity contribution in [1.29, 1.82) is 0 Å². The van der Waals surface area contributed by atoms with Crippen LogP contribution in [0.4, 0.5) is 0 Å². The summed E-state index contributed by atoms with van der Waals surface area (Å²) < 4.78 is 23.9. The van der Waals surface area contributed by atoms with Gasteiger partial charge in [0.2, 0.25) is 0 Å². The summed E-state index contributed by atoms with van der Waals surface area (Å²) in [4.78, 5) is 30.6. The SMILES string of the molecule is O=C(O)COP(=O)(O)OC1=C(O)[C@@H]([C@@H](O)CO)OC1=O. The Kier molecular flexibility index (Phi) is 5.09. The number of carbonyl (C=O) groups excluding carboxylic acids is 1. The summed E-state index contributed by atoms with van der Waals surface area (Å²) in [6.07, 6.45) is -3.33. The van der Waals surface area contributed by atoms with Crippen molar-refractivity contribution in [2.45, 2.75) is 12.2 Å². The summed E-state index contributed by atoms with van der Waals surface area (Å²) in [5.41, 5.74) is 0. The molecule has 0 amide bonds. The van der Waals surface area contributed by atoms with Gasteiger partial charge in [0.05, 0.1) is 6.61 Å². The molecule has 12 heteroatoms. The minimum absolute atomic E-state index is 0.860. The van der Waals surface area contributed by atoms with Crippen molar-refractivity contribution < 1.29 is 53.3 Å². The molecule has 0 fully saturated rings. The minimum Gasteiger partial charge on any atom is -0.505 e. The third-order valence-electron chi connectivity index (χ3n) is 2.02. The first kappa shape index (κ1) is 16.4. The Hall–Kier alpha value is -1.65. The molecule has 1 unspecified atom stereocenters. The molecule has 3 atom stereocenters. The van der Waals surface area contributed by atoms with Crippen LogP contribution in [0.3, 0.4) is 0 Å². The molecule has 0 aromatic rings. The van der Waals surface area contributed by atoms with Gasteiger partial charge in [0.1, 0.15) is 6.10 Å². The van der Waals surface area contributed by atoms with Gasteiger partial charge in [-0.25, -0.2) is 14.2 Å². The summed E-state index contributed by atoms with van der Waals surface area (Å²) in [5.74, 6) is -5.08. The number of ether oxygens (including phenoxy) is 1. The van der Waals surface area contributed by atoms with Crippen molar-refractivity contribution in [2.24, 2.45) is 0 Å². The first-order valence-electron chi connectivity index (χ1n) is 4.99. The molecule has 0 spiro atoms. The minimum atomic E-state index is -4.98. The maximum absolute atomic E-state index is 11.3. The van der Waals surface area contributed by atoms with E-state index in [4.69, 9.17) is 15.1 Å². The number of phosphoric ester groups is 1. The fourth-order valence-electron chi connectivity index (χ4n) is 1.18. The van der Waals surface area contributed by atoms with Crippen molar-refractivity contribution >= 4 is 19.8 Å². The van der Waals surface area contributed by atoms with Gasteiger partial charge in [0.15, 0.2) is 18.5 Å². The van der Waals surface area contributed by atoms with Gasteiger partial charge in [0, 0.05) is 0 Å². The summed E-state index contributed by atoms with van der Waals surface area (Å²) in [6.45, 7) is -2.04. The van der Waals surface area contributed by atoms with Crippen LogP contribution in [-0.2, 0) is 27.9 Å². The predicted octanol–water partition coefficient (Wildman–Crippen LogP) is -1.75. The summed E-state index contributed by atoms with van der Waals surface area (Å²) in [6, 6.07) is 0. The van der Waals surface area contributed by atoms with Crippen LogP contribution in [-0.4, -0.2) is 62.7 Å². The molecular weight excluding hydrogens is 303 g/mol. The number of phosphoric acid groups is 1. The Morgan fingerprint density at radius 1 is 1.50 bits per heavy atom. The lowest BCUT2D eigenvalue weighted by Gasteiger charge is -2.14. The van der Waals surface area contributed by atoms with E-state index in [1.54, 1.807) is 0 Å². The number of esters is 1. The molecule has 1 aliphatic rings. The highest BCUT2D eigenvalue weighted by Gasteiger charge is 2.43. The molecule has 0 aliphatic carbocycles. The molecule has 1 aliphatic heterocycles. The number of carbonyl (C=O) groups is 2. The zero-order valence-corrected chi connectivity index (χ0v) is 10.6. The number of cyclic esters (lactones) is 1. The zero-order valence-electron chi connectivity index (χ0n) is 9.70. The Morgan fingerprint density at radius 2 is 2.10 bits per heavy atom. The number of hydrogen-bond donors (Lipinski definition) is 5. The van der Waals surface area contributed by atoms with Gasteiger partial charge in [-0.2, -0.15) is 0 Å². The molecule has 0 aromatic heterocycles. The van der Waals surface area contributed by atoms with E-state index in [9.17, 15) is 24.4 Å². The van der Waals surface area contributed by atoms with Crippen molar-refractivity contribution in [3.63, 3.8) is 0 Å². The maximum atomic E-state index is 11.3. The van der Waals surface area contributed by atoms with Gasteiger partial charge in [-0.3, -0.25) is 9.42 Å². The van der Waals surface area contributed by atoms with Crippen LogP contribution in [0.15, 0.2) is 11.5 Å². The normalized spacial score (nSPS) is 23.1. The van der Waals surface area contributed by atoms with Crippen LogP contribution in [0, 0.1) is 0 Å². The summed E-state index contributed by atoms with van der Waals surface area (Å²) >= 11 is 0. The second-order valence-electron chi connectivity index (χ2n) is 3.52. The topological polar surface area (TPSA) is 180 Å². The highest BCUT2D eigenvalue weighted by Crippen LogP contribution is 2.47. The Balaban J connectivity index is 2.84. The molecule has 0 radical (unpaired) electrons. The zero-order chi connectivity index (χ0) is 15.5. The Labute approximate surface area is 111 Å². The number of carboxylic acid groups (broad SMARTS) is 1. The second-order valence-corrected chi connectivity index (χ2v) is 4.90. The molecule has 114 valence electrons. The van der Waals surface area contributed by atoms with Crippen LogP contribution < -0.4 is 0 Å². The monoisotopic (exact) mass is 314 g/mol. The largest absolute Gasteiger partial charge is 0.528 e. The van der Waals surface area contributed by atoms with Crippen molar-refractivity contribution in [2.75, 3.05) is 13.2 Å². The average Bonchev–Trinajstić information content (AvgIpc) is 2.63. The fraction of sp³-hybridized carbons (Fsp3) is 0.500. The lowest BCUT2D eigenvalue weighted by molar-refractivity contribution is -0.147. The number of aliphatic hydroxyl groups is 3. The number of hydrogen-bond acceptors (Lipinski definition) is 9. The van der Waals surface area contributed by atoms with Gasteiger partial charge in [0.25, 0.3) is 5.76 Å². The van der Waals surface area contributed by atoms with Crippen LogP contribution in [0.2, 0.25) is 0 Å². The molecule has 1 heterocycles. The third kappa shape index (κ3) is 3.92. The number of rotatable bonds is 7. The van der Waals surface area contributed by atoms with E-state index in [0.717, 1.165) is 0 Å². The molecule has 1 rings (SSSR count). The molecule has 0 bridgehead atoms. The number of aliphatic carboxylic acids is 1. The number of aliphatic hydroxyl groups excluding tert-OH is 3. The Morgan fingerprint density at radius 3 is 2.60 bits per heavy atom. The van der Waals surface area contributed by atoms with Gasteiger partial charge < -0.3 is 29.7 Å². The van der Waals surface area contributed by atoms with Crippen molar-refractivity contribution in [3.8, 4) is 0 Å². The van der Waals surface area contributed by atoms with Crippen LogP contribution in [0.1, 0.15) is 0 Å². The van der Waals surface area contributed by atoms with Gasteiger partial charge in [-0.15, -0.1) is 0 Å². The van der Waals surface area contributed by atoms with Crippen LogP contribution in [0.5, 0.6) is 0 Å². The molecule has 5 N–H and O–H groups in total. The molecule has 0 saturated heterocycles. The maximum Gasteiger partial charge on any atom is 0.528 e. The average molecular weight is 314 g/mol. The van der Waals surface area contributed by atoms with Crippen molar-refractivity contribution in [3.05, 3.63) is 11.5 Å². The predicted molar refractivity (Wildman–Crippen MR) is 57.1 cm³/mol. The fourth-order valence-corrected chi connectivity index (χ4v) is 1.90. The quantitative estimate of drug-likeness (QED) is 0.265. The molecule has 0 saturated carbocycles. The Bertz CT molecular complexity index is 483. The molecule has 0 aromatic carbocycles. The molecular formula is C8H11O11P. The lowest BCUT2D eigenvalue weighted by Crippen LogP contribution is -2.31. The molecule has 20 heavy (non-hydrogen) atoms. The standard InChI is InChI=1S/C8H11O11P/c9-1-3(10)6-5(13)7(8(14)18-6)19-20(15,16)17-2-4(11)12/h3,6,9-10,13H,1-2H2,(H,11,12)(H,15,16)/t3-,6+/m0/s1. The van der Waals surface area contributed by atoms with Gasteiger partial charge >= 0.3 is 19.8 Å². The van der Waals surface area contributed by atoms with E-state index in [-0.39, 0.29) is 0 Å². The first-order valence-corrected chi connectivity index (χ1v) is 6.49. The highest BCUT2D eigenvalue weighted by atomic mass is 31.2. The summed E-state index contributed by atoms with van der Waals surface area (Å²) in [5, 5.41) is 35.6. The van der Waals surface area contributed by atoms with Gasteiger partial charge in [-0.05, 0) is 0 Å². The highest BCUT2D eigenvalue weighted by molar-refractivity contribution is 7.47. The van der Waals surface area contributed by atoms with E-state index < -0.39 is 56.7 Å². The second kappa shape index (κ2) is 6.20. The van der Waals surface area contributed by atoms with E-state index in [1.807, 2.05) is 0 Å². The van der Waals surface area contributed by atoms with Crippen LogP contribution in [0.25, 0.3) is 0 Å². The third-order valence-corrected chi connectivity index (χ3v) is 2.88. The number of carboxylic acids is 1. The van der Waals surface area contributed by atoms with E-state index >= 15 is 0 Å². The van der Waals surface area contributed by atoms with Gasteiger partial charge in [-0.1, -0.05) is 0 Å². The van der Waals surface area contributed by atoms with E-state index in [1.165, 1.54) is 0 Å². The smallest absolute Gasteiger partial charge is 0.505 e. The van der Waals surface area contributed by atoms with E-state index in [2.05, 4.69) is 13.8 Å². The van der Waals surface area contributed by atoms with E-state index in [0.29, 0.717) is 0 Å². The molecule has 11 nitrogen and oxygen atoms in total. The first-order chi connectivity index (χ1) is 9.18. The van der Waals surface area contributed by atoms with Crippen LogP contribution >= 0.6 is 7.82 Å². The lowest BCUT2D eigenvalue weighted by atomic mass is 10.2.